The molecule has 0 saturated carbocycles. The minimum atomic E-state index is -2.62. The molecule has 0 fully saturated rings. The lowest BCUT2D eigenvalue weighted by Gasteiger charge is -2.30. The van der Waals surface area contributed by atoms with Crippen LogP contribution in [0.25, 0.3) is 0 Å². The monoisotopic (exact) mass is 514 g/mol. The number of carbonyl (C=O) groups excluding carboxylic acids is 2. The normalized spacial score (nSPS) is 14.1. The van der Waals surface area contributed by atoms with Crippen molar-refractivity contribution in [2.24, 2.45) is 5.41 Å². The molecule has 196 valence electrons. The maximum absolute atomic E-state index is 13.0. The van der Waals surface area contributed by atoms with Gasteiger partial charge in [0.1, 0.15) is 22.7 Å². The van der Waals surface area contributed by atoms with E-state index in [4.69, 9.17) is 23.6 Å². The zero-order valence-corrected chi connectivity index (χ0v) is 23.4. The number of aromatic nitrogens is 1. The molecule has 8 nitrogen and oxygen atoms in total. The lowest BCUT2D eigenvalue weighted by atomic mass is 9.93. The van der Waals surface area contributed by atoms with Crippen molar-refractivity contribution in [3.63, 3.8) is 0 Å². The summed E-state index contributed by atoms with van der Waals surface area (Å²) in [5.74, 6) is 0.999. The summed E-state index contributed by atoms with van der Waals surface area (Å²) in [6, 6.07) is 11.0. The summed E-state index contributed by atoms with van der Waals surface area (Å²) in [4.78, 5) is 32.4. The van der Waals surface area contributed by atoms with Crippen LogP contribution < -0.4 is 9.64 Å². The number of nitrogens with zero attached hydrogens (tertiary/aromatic N) is 2. The molecule has 0 spiro atoms. The number of ether oxygens (including phenoxy) is 3. The molecule has 1 aromatic heterocycles. The molecule has 0 radical (unpaired) electrons. The first kappa shape index (κ1) is 28.0. The molecule has 0 bridgehead atoms. The highest BCUT2D eigenvalue weighted by Crippen LogP contribution is 2.33. The van der Waals surface area contributed by atoms with Crippen molar-refractivity contribution in [3.8, 4) is 5.75 Å². The summed E-state index contributed by atoms with van der Waals surface area (Å²) in [5.41, 5.74) is 2.12. The van der Waals surface area contributed by atoms with E-state index in [0.717, 1.165) is 24.0 Å². The number of pyridine rings is 1. The third-order valence-electron chi connectivity index (χ3n) is 6.05. The van der Waals surface area contributed by atoms with E-state index in [2.05, 4.69) is 20.8 Å². The summed E-state index contributed by atoms with van der Waals surface area (Å²) >= 11 is 0. The first-order chi connectivity index (χ1) is 16.9. The van der Waals surface area contributed by atoms with Crippen LogP contribution in [0.4, 0.5) is 10.6 Å². The van der Waals surface area contributed by atoms with Crippen LogP contribution in [0.1, 0.15) is 56.7 Å². The molecule has 0 aliphatic carbocycles. The van der Waals surface area contributed by atoms with Gasteiger partial charge in [0.15, 0.2) is 0 Å². The first-order valence-corrected chi connectivity index (χ1v) is 15.2. The Labute approximate surface area is 215 Å². The number of hydrogen-bond donors (Lipinski definition) is 0. The van der Waals surface area contributed by atoms with Gasteiger partial charge in [0.05, 0.1) is 6.61 Å². The number of carbonyl (C=O) groups is 2. The molecule has 1 aliphatic heterocycles. The van der Waals surface area contributed by atoms with Gasteiger partial charge in [-0.15, -0.1) is 0 Å². The van der Waals surface area contributed by atoms with Gasteiger partial charge in [0.2, 0.25) is 6.29 Å². The Balaban J connectivity index is 1.90. The van der Waals surface area contributed by atoms with Crippen LogP contribution in [-0.4, -0.2) is 45.6 Å². The number of aryl methyl sites for hydroxylation is 1. The molecule has 1 aromatic carbocycles. The molecule has 36 heavy (non-hydrogen) atoms. The number of para-hydroxylation sites is 1. The van der Waals surface area contributed by atoms with Gasteiger partial charge >= 0.3 is 6.09 Å². The van der Waals surface area contributed by atoms with E-state index >= 15 is 0 Å². The van der Waals surface area contributed by atoms with E-state index in [1.807, 2.05) is 37.4 Å². The van der Waals surface area contributed by atoms with Crippen molar-refractivity contribution in [1.82, 2.24) is 4.98 Å². The minimum Gasteiger partial charge on any atom is -0.410 e. The molecule has 0 atom stereocenters. The predicted molar refractivity (Wildman–Crippen MR) is 140 cm³/mol. The number of anilines is 1. The third-order valence-corrected chi connectivity index (χ3v) is 8.43. The zero-order chi connectivity index (χ0) is 26.5. The van der Waals surface area contributed by atoms with Gasteiger partial charge in [-0.25, -0.2) is 9.78 Å². The summed E-state index contributed by atoms with van der Waals surface area (Å²) in [6.07, 6.45) is 0.772. The van der Waals surface area contributed by atoms with E-state index < -0.39 is 20.7 Å². The van der Waals surface area contributed by atoms with Crippen molar-refractivity contribution < 1.29 is 28.2 Å². The van der Waals surface area contributed by atoms with Gasteiger partial charge in [-0.05, 0) is 55.1 Å². The highest BCUT2D eigenvalue weighted by molar-refractivity contribution is 6.99. The molecule has 0 N–H and O–H groups in total. The summed E-state index contributed by atoms with van der Waals surface area (Å²) < 4.78 is 22.9. The second-order valence-corrected chi connectivity index (χ2v) is 14.6. The number of amides is 1. The summed E-state index contributed by atoms with van der Waals surface area (Å²) in [5, 5.41) is 0.173. The van der Waals surface area contributed by atoms with Gasteiger partial charge in [-0.2, -0.15) is 0 Å². The molecular weight excluding hydrogens is 476 g/mol. The van der Waals surface area contributed by atoms with Gasteiger partial charge < -0.3 is 23.4 Å². The highest BCUT2D eigenvalue weighted by Gasteiger charge is 2.36. The van der Waals surface area contributed by atoms with Crippen LogP contribution in [0.3, 0.4) is 0 Å². The van der Waals surface area contributed by atoms with E-state index in [-0.39, 0.29) is 17.4 Å². The molecular formula is C27H38N2O6Si. The van der Waals surface area contributed by atoms with Crippen molar-refractivity contribution in [2.45, 2.75) is 66.0 Å². The van der Waals surface area contributed by atoms with Crippen molar-refractivity contribution in [2.75, 3.05) is 25.7 Å². The number of rotatable bonds is 9. The Morgan fingerprint density at radius 3 is 2.39 bits per heavy atom. The van der Waals surface area contributed by atoms with Crippen LogP contribution >= 0.6 is 0 Å². The smallest absolute Gasteiger partial charge is 0.410 e. The summed E-state index contributed by atoms with van der Waals surface area (Å²) in [6.45, 7) is 10.7. The predicted octanol–water partition coefficient (Wildman–Crippen LogP) is 5.59. The first-order valence-electron chi connectivity index (χ1n) is 12.2. The third kappa shape index (κ3) is 7.00. The fraction of sp³-hybridized carbons (Fsp3) is 0.519. The average Bonchev–Trinajstić information content (AvgIpc) is 2.82. The molecule has 0 saturated heterocycles. The van der Waals surface area contributed by atoms with Crippen molar-refractivity contribution in [1.29, 1.82) is 0 Å². The summed E-state index contributed by atoms with van der Waals surface area (Å²) in [7, 11) is 0.449. The minimum absolute atomic E-state index is 0.0989. The Kier molecular flexibility index (Phi) is 9.05. The standard InChI is InChI=1S/C27H38N2O6Si/c1-27(2,3)17-22(30)36(6,7)34-18-20-16-19-12-11-15-29(24(19)28-23(20)25(32-4)33-5)26(31)35-21-13-9-8-10-14-21/h8-10,13-14,16,25H,11-12,15,17-18H2,1-7H3. The fourth-order valence-electron chi connectivity index (χ4n) is 4.05. The van der Waals surface area contributed by atoms with Gasteiger partial charge in [-0.1, -0.05) is 39.0 Å². The van der Waals surface area contributed by atoms with Crippen molar-refractivity contribution >= 4 is 25.6 Å². The van der Waals surface area contributed by atoms with E-state index in [0.29, 0.717) is 30.2 Å². The van der Waals surface area contributed by atoms with Crippen LogP contribution in [0, 0.1) is 5.41 Å². The molecule has 0 unspecified atom stereocenters. The Morgan fingerprint density at radius 1 is 1.11 bits per heavy atom. The molecule has 3 rings (SSSR count). The van der Waals surface area contributed by atoms with Crippen LogP contribution in [0.2, 0.25) is 13.1 Å². The lowest BCUT2D eigenvalue weighted by molar-refractivity contribution is -0.115. The Hall–Kier alpha value is -2.59. The van der Waals surface area contributed by atoms with E-state index in [1.54, 1.807) is 17.0 Å². The SMILES string of the molecule is COC(OC)c1nc2c(cc1CO[Si](C)(C)C(=O)CC(C)(C)C)CCCN2C(=O)Oc1ccccc1. The van der Waals surface area contributed by atoms with Gasteiger partial charge in [0, 0.05) is 32.7 Å². The number of fused-ring (bicyclic) bond motifs is 1. The average molecular weight is 515 g/mol. The topological polar surface area (TPSA) is 87.2 Å². The zero-order valence-electron chi connectivity index (χ0n) is 22.4. The van der Waals surface area contributed by atoms with Crippen molar-refractivity contribution in [3.05, 3.63) is 53.2 Å². The Bertz CT molecular complexity index is 1060. The molecule has 2 heterocycles. The maximum atomic E-state index is 13.0. The highest BCUT2D eigenvalue weighted by atomic mass is 28.4. The molecule has 9 heteroatoms. The van der Waals surface area contributed by atoms with Gasteiger partial charge in [0.25, 0.3) is 8.32 Å². The quantitative estimate of drug-likeness (QED) is 0.318. The fourth-order valence-corrected chi connectivity index (χ4v) is 5.69. The molecule has 2 aromatic rings. The number of benzene rings is 1. The largest absolute Gasteiger partial charge is 0.420 e. The Morgan fingerprint density at radius 2 is 1.78 bits per heavy atom. The molecule has 1 amide bonds. The van der Waals surface area contributed by atoms with E-state index in [1.165, 1.54) is 14.2 Å². The second-order valence-electron chi connectivity index (χ2n) is 10.7. The van der Waals surface area contributed by atoms with Gasteiger partial charge in [-0.3, -0.25) is 4.90 Å². The number of methoxy groups -OCH3 is 2. The second kappa shape index (κ2) is 11.6. The van der Waals surface area contributed by atoms with Crippen LogP contribution in [0.15, 0.2) is 36.4 Å². The lowest BCUT2D eigenvalue weighted by Crippen LogP contribution is -2.43. The van der Waals surface area contributed by atoms with Crippen LogP contribution in [-0.2, 0) is 31.7 Å². The maximum Gasteiger partial charge on any atom is 0.420 e. The van der Waals surface area contributed by atoms with Crippen LogP contribution in [0.5, 0.6) is 5.75 Å². The molecule has 1 aliphatic rings. The number of hydrogen-bond acceptors (Lipinski definition) is 7. The van der Waals surface area contributed by atoms with E-state index in [9.17, 15) is 9.59 Å².